The molecule has 214 valence electrons. The summed E-state index contributed by atoms with van der Waals surface area (Å²) in [6, 6.07) is -1.61. The topological polar surface area (TPSA) is 96.4 Å². The average molecular weight is 598 g/mol. The number of carbonyl (C=O) groups is 3. The maximum absolute atomic E-state index is 14.6. The van der Waals surface area contributed by atoms with E-state index in [1.165, 1.54) is 4.90 Å². The minimum Gasteiger partial charge on any atom is -0.465 e. The number of alkyl halides is 1. The standard InChI is InChI=1S/C29H45BrN2O6/c1-9-11-12-14-37-26(36)20-21-24(34)32(18(3)16-33)23(29(21)15-19(30)22(20)38-29)25(35)31(13-10-2)28(7,8)17-27(4,5)6/h9-10,18-23,33H,1-2,11-17H2,3-8H3/t18-,19?,20-,21+,22-,23?,29?/m1/s1. The van der Waals surface area contributed by atoms with Crippen LogP contribution in [0.1, 0.15) is 67.2 Å². The van der Waals surface area contributed by atoms with Gasteiger partial charge in [-0.05, 0) is 51.9 Å². The third-order valence-electron chi connectivity index (χ3n) is 8.04. The van der Waals surface area contributed by atoms with Crippen molar-refractivity contribution in [2.24, 2.45) is 17.3 Å². The molecule has 3 fully saturated rings. The number of hydrogen-bond donors (Lipinski definition) is 1. The van der Waals surface area contributed by atoms with Crippen LogP contribution in [-0.2, 0) is 23.9 Å². The van der Waals surface area contributed by atoms with Gasteiger partial charge in [-0.3, -0.25) is 14.4 Å². The second kappa shape index (κ2) is 11.4. The molecule has 0 aromatic carbocycles. The van der Waals surface area contributed by atoms with Gasteiger partial charge >= 0.3 is 5.97 Å². The molecule has 7 atom stereocenters. The van der Waals surface area contributed by atoms with Gasteiger partial charge in [0.1, 0.15) is 11.6 Å². The van der Waals surface area contributed by atoms with Crippen LogP contribution in [0.15, 0.2) is 25.3 Å². The van der Waals surface area contributed by atoms with Gasteiger partial charge in [0.15, 0.2) is 0 Å². The lowest BCUT2D eigenvalue weighted by atomic mass is 9.70. The van der Waals surface area contributed by atoms with Crippen LogP contribution in [0.4, 0.5) is 0 Å². The van der Waals surface area contributed by atoms with Gasteiger partial charge in [0.25, 0.3) is 0 Å². The Balaban J connectivity index is 2.05. The van der Waals surface area contributed by atoms with E-state index in [9.17, 15) is 19.5 Å². The Morgan fingerprint density at radius 3 is 2.50 bits per heavy atom. The van der Waals surface area contributed by atoms with Crippen molar-refractivity contribution in [3.63, 3.8) is 0 Å². The Kier molecular flexibility index (Phi) is 9.26. The van der Waals surface area contributed by atoms with Crippen LogP contribution >= 0.6 is 15.9 Å². The minimum atomic E-state index is -1.20. The van der Waals surface area contributed by atoms with E-state index in [2.05, 4.69) is 49.9 Å². The molecule has 2 amide bonds. The van der Waals surface area contributed by atoms with E-state index in [-0.39, 0.29) is 35.3 Å². The third-order valence-corrected chi connectivity index (χ3v) is 8.89. The summed E-state index contributed by atoms with van der Waals surface area (Å²) < 4.78 is 12.1. The van der Waals surface area contributed by atoms with Gasteiger partial charge in [-0.2, -0.15) is 0 Å². The van der Waals surface area contributed by atoms with Crippen molar-refractivity contribution < 1.29 is 29.0 Å². The number of halogens is 1. The summed E-state index contributed by atoms with van der Waals surface area (Å²) in [5, 5.41) is 10.1. The lowest BCUT2D eigenvalue weighted by molar-refractivity contribution is -0.157. The van der Waals surface area contributed by atoms with Crippen LogP contribution < -0.4 is 0 Å². The van der Waals surface area contributed by atoms with Crippen molar-refractivity contribution in [3.8, 4) is 0 Å². The number of ether oxygens (including phenoxy) is 2. The summed E-state index contributed by atoms with van der Waals surface area (Å²) in [6.07, 6.45) is 5.36. The molecule has 8 nitrogen and oxygen atoms in total. The van der Waals surface area contributed by atoms with E-state index in [1.807, 2.05) is 13.8 Å². The smallest absolute Gasteiger partial charge is 0.312 e. The number of esters is 1. The van der Waals surface area contributed by atoms with Crippen molar-refractivity contribution >= 4 is 33.7 Å². The highest BCUT2D eigenvalue weighted by Crippen LogP contribution is 2.61. The number of aliphatic hydroxyl groups is 1. The molecule has 3 aliphatic rings. The number of fused-ring (bicyclic) bond motifs is 1. The molecule has 3 aliphatic heterocycles. The Labute approximate surface area is 235 Å². The first-order valence-corrected chi connectivity index (χ1v) is 14.5. The van der Waals surface area contributed by atoms with E-state index in [1.54, 1.807) is 24.0 Å². The van der Waals surface area contributed by atoms with E-state index < -0.39 is 47.1 Å². The number of hydrogen-bond acceptors (Lipinski definition) is 6. The highest BCUT2D eigenvalue weighted by atomic mass is 79.9. The second-order valence-electron chi connectivity index (χ2n) is 12.8. The molecule has 3 rings (SSSR count). The van der Waals surface area contributed by atoms with Gasteiger partial charge in [-0.1, -0.05) is 48.9 Å². The molecule has 38 heavy (non-hydrogen) atoms. The average Bonchev–Trinajstić information content (AvgIpc) is 3.41. The summed E-state index contributed by atoms with van der Waals surface area (Å²) in [4.78, 5) is 45.0. The fraction of sp³-hybridized carbons (Fsp3) is 0.759. The number of amides is 2. The molecule has 1 N–H and O–H groups in total. The second-order valence-corrected chi connectivity index (χ2v) is 14.0. The molecule has 3 heterocycles. The van der Waals surface area contributed by atoms with Gasteiger partial charge in [0, 0.05) is 16.9 Å². The molecule has 2 bridgehead atoms. The largest absolute Gasteiger partial charge is 0.465 e. The van der Waals surface area contributed by atoms with Crippen LogP contribution in [-0.4, -0.2) is 86.6 Å². The Hall–Kier alpha value is -1.71. The first-order chi connectivity index (χ1) is 17.7. The van der Waals surface area contributed by atoms with Crippen LogP contribution in [0.5, 0.6) is 0 Å². The van der Waals surface area contributed by atoms with Crippen LogP contribution in [0, 0.1) is 17.3 Å². The summed E-state index contributed by atoms with van der Waals surface area (Å²) in [7, 11) is 0. The SMILES string of the molecule is C=CCCCOC(=O)[C@H]1[C@@H]2OC3(CC2Br)C(C(=O)N(CC=C)C(C)(C)CC(C)(C)C)N([C@H](C)CO)C(=O)[C@H]13. The monoisotopic (exact) mass is 596 g/mol. The molecular weight excluding hydrogens is 552 g/mol. The van der Waals surface area contributed by atoms with Crippen molar-refractivity contribution in [3.05, 3.63) is 25.3 Å². The molecule has 0 saturated carbocycles. The molecule has 0 radical (unpaired) electrons. The number of allylic oxidation sites excluding steroid dienone is 1. The molecule has 0 aromatic rings. The highest BCUT2D eigenvalue weighted by Gasteiger charge is 2.77. The van der Waals surface area contributed by atoms with E-state index in [4.69, 9.17) is 9.47 Å². The van der Waals surface area contributed by atoms with Crippen molar-refractivity contribution in [1.29, 1.82) is 0 Å². The number of nitrogens with zero attached hydrogens (tertiary/aromatic N) is 2. The zero-order chi connectivity index (χ0) is 28.6. The molecule has 1 spiro atoms. The summed E-state index contributed by atoms with van der Waals surface area (Å²) in [5.74, 6) is -2.76. The highest BCUT2D eigenvalue weighted by molar-refractivity contribution is 9.09. The fourth-order valence-electron chi connectivity index (χ4n) is 6.98. The number of carbonyl (C=O) groups excluding carboxylic acids is 3. The van der Waals surface area contributed by atoms with Gasteiger partial charge in [0.05, 0.1) is 37.2 Å². The van der Waals surface area contributed by atoms with Crippen molar-refractivity contribution in [1.82, 2.24) is 9.80 Å². The quantitative estimate of drug-likeness (QED) is 0.159. The van der Waals surface area contributed by atoms with Gasteiger partial charge < -0.3 is 24.4 Å². The molecule has 0 aliphatic carbocycles. The number of unbranched alkanes of at least 4 members (excludes halogenated alkanes) is 1. The van der Waals surface area contributed by atoms with Gasteiger partial charge in [-0.25, -0.2) is 0 Å². The molecule has 0 aromatic heterocycles. The van der Waals surface area contributed by atoms with Crippen LogP contribution in [0.2, 0.25) is 0 Å². The van der Waals surface area contributed by atoms with E-state index in [0.29, 0.717) is 25.8 Å². The minimum absolute atomic E-state index is 0.0582. The van der Waals surface area contributed by atoms with Crippen LogP contribution in [0.25, 0.3) is 0 Å². The first-order valence-electron chi connectivity index (χ1n) is 13.6. The lowest BCUT2D eigenvalue weighted by Gasteiger charge is -2.46. The molecule has 9 heteroatoms. The summed E-state index contributed by atoms with van der Waals surface area (Å²) >= 11 is 3.68. The third kappa shape index (κ3) is 5.48. The molecule has 3 unspecified atom stereocenters. The Bertz CT molecular complexity index is 946. The van der Waals surface area contributed by atoms with Gasteiger partial charge in [0.2, 0.25) is 11.8 Å². The maximum atomic E-state index is 14.6. The zero-order valence-electron chi connectivity index (χ0n) is 23.7. The Morgan fingerprint density at radius 1 is 1.29 bits per heavy atom. The zero-order valence-corrected chi connectivity index (χ0v) is 25.3. The predicted molar refractivity (Wildman–Crippen MR) is 150 cm³/mol. The molecule has 3 saturated heterocycles. The fourth-order valence-corrected chi connectivity index (χ4v) is 7.92. The summed E-state index contributed by atoms with van der Waals surface area (Å²) in [6.45, 7) is 19.9. The summed E-state index contributed by atoms with van der Waals surface area (Å²) in [5.41, 5.74) is -1.81. The normalized spacial score (nSPS) is 31.2. The maximum Gasteiger partial charge on any atom is 0.312 e. The predicted octanol–water partition coefficient (Wildman–Crippen LogP) is 3.85. The first kappa shape index (κ1) is 30.8. The Morgan fingerprint density at radius 2 is 1.95 bits per heavy atom. The van der Waals surface area contributed by atoms with E-state index >= 15 is 0 Å². The van der Waals surface area contributed by atoms with Crippen molar-refractivity contribution in [2.45, 2.75) is 101 Å². The molecular formula is C29H45BrN2O6. The number of likely N-dealkylation sites (tertiary alicyclic amines) is 1. The van der Waals surface area contributed by atoms with E-state index in [0.717, 1.165) is 6.42 Å². The lowest BCUT2D eigenvalue weighted by Crippen LogP contribution is -2.62. The number of rotatable bonds is 12. The van der Waals surface area contributed by atoms with Crippen LogP contribution in [0.3, 0.4) is 0 Å². The van der Waals surface area contributed by atoms with Crippen molar-refractivity contribution in [2.75, 3.05) is 19.8 Å². The number of aliphatic hydroxyl groups excluding tert-OH is 1. The van der Waals surface area contributed by atoms with Gasteiger partial charge in [-0.15, -0.1) is 13.2 Å².